The van der Waals surface area contributed by atoms with E-state index in [1.54, 1.807) is 4.34 Å². The largest absolute Gasteiger partial charge is 0.439 e. The Kier molecular flexibility index (Phi) is 6.11. The third kappa shape index (κ3) is 4.23. The summed E-state index contributed by atoms with van der Waals surface area (Å²) in [4.78, 5) is 2.14. The predicted molar refractivity (Wildman–Crippen MR) is 123 cm³/mol. The number of aromatic nitrogens is 1. The second-order valence-electron chi connectivity index (χ2n) is 8.27. The Bertz CT molecular complexity index is 1130. The first-order valence-electron chi connectivity index (χ1n) is 10.2. The molecule has 2 unspecified atom stereocenters. The monoisotopic (exact) mass is 446 g/mol. The summed E-state index contributed by atoms with van der Waals surface area (Å²) in [7, 11) is 0.564. The Balaban J connectivity index is 1.72. The lowest BCUT2D eigenvalue weighted by atomic mass is 10.1. The van der Waals surface area contributed by atoms with Gasteiger partial charge in [0, 0.05) is 29.6 Å². The van der Waals surface area contributed by atoms with Crippen LogP contribution in [0.15, 0.2) is 42.6 Å². The van der Waals surface area contributed by atoms with Gasteiger partial charge in [-0.05, 0) is 69.3 Å². The zero-order valence-corrected chi connectivity index (χ0v) is 19.5. The van der Waals surface area contributed by atoms with E-state index in [2.05, 4.69) is 32.0 Å². The first-order chi connectivity index (χ1) is 14.3. The third-order valence-corrected chi connectivity index (χ3v) is 7.87. The number of likely N-dealkylation sites (N-methyl/N-ethyl adjacent to an activating group) is 1. The van der Waals surface area contributed by atoms with E-state index < -0.39 is 7.75 Å². The van der Waals surface area contributed by atoms with E-state index in [0.717, 1.165) is 40.6 Å². The summed E-state index contributed by atoms with van der Waals surface area (Å²) in [6.45, 7) is 5.31. The number of benzene rings is 2. The van der Waals surface area contributed by atoms with Gasteiger partial charge in [0.05, 0.1) is 18.2 Å². The van der Waals surface area contributed by atoms with Crippen LogP contribution in [0.5, 0.6) is 0 Å². The van der Waals surface area contributed by atoms with Crippen LogP contribution in [0.2, 0.25) is 5.02 Å². The van der Waals surface area contributed by atoms with Gasteiger partial charge in [-0.2, -0.15) is 0 Å². The fourth-order valence-corrected chi connectivity index (χ4v) is 5.89. The number of fused-ring (bicyclic) bond motifs is 1. The molecule has 2 atom stereocenters. The zero-order valence-electron chi connectivity index (χ0n) is 17.9. The van der Waals surface area contributed by atoms with Crippen LogP contribution in [0.4, 0.5) is 0 Å². The van der Waals surface area contributed by atoms with Crippen LogP contribution in [-0.2, 0) is 20.0 Å². The van der Waals surface area contributed by atoms with Crippen LogP contribution in [0.1, 0.15) is 34.8 Å². The van der Waals surface area contributed by atoms with Crippen molar-refractivity contribution in [3.8, 4) is 0 Å². The van der Waals surface area contributed by atoms with Crippen LogP contribution < -0.4 is 0 Å². The number of hydrogen-bond donors (Lipinski definition) is 0. The van der Waals surface area contributed by atoms with E-state index >= 15 is 0 Å². The second kappa shape index (κ2) is 8.49. The summed E-state index contributed by atoms with van der Waals surface area (Å²) in [5.41, 5.74) is 5.12. The first-order valence-corrected chi connectivity index (χ1v) is 12.1. The molecule has 160 valence electrons. The summed E-state index contributed by atoms with van der Waals surface area (Å²) in [6, 6.07) is 12.0. The molecule has 0 spiro atoms. The van der Waals surface area contributed by atoms with Gasteiger partial charge in [-0.1, -0.05) is 35.4 Å². The molecule has 0 amide bonds. The summed E-state index contributed by atoms with van der Waals surface area (Å²) in [6.07, 6.45) is 3.11. The molecule has 7 heteroatoms. The minimum Gasteiger partial charge on any atom is -0.309 e. The molecule has 4 rings (SSSR count). The molecule has 1 aromatic heterocycles. The molecular formula is C23H28ClN2O3P. The van der Waals surface area contributed by atoms with Crippen molar-refractivity contribution in [1.82, 2.24) is 9.24 Å². The molecule has 1 aliphatic heterocycles. The molecule has 3 aromatic rings. The summed E-state index contributed by atoms with van der Waals surface area (Å²) in [5.74, 6) is 0. The van der Waals surface area contributed by atoms with E-state index in [1.807, 2.05) is 43.5 Å². The molecular weight excluding hydrogens is 419 g/mol. The van der Waals surface area contributed by atoms with Crippen molar-refractivity contribution in [3.05, 3.63) is 69.9 Å². The van der Waals surface area contributed by atoms with E-state index in [9.17, 15) is 4.57 Å². The van der Waals surface area contributed by atoms with Gasteiger partial charge in [0.1, 0.15) is 0 Å². The molecule has 0 aliphatic carbocycles. The molecule has 1 aliphatic rings. The van der Waals surface area contributed by atoms with Gasteiger partial charge >= 0.3 is 7.75 Å². The molecule has 0 N–H and O–H groups in total. The lowest BCUT2D eigenvalue weighted by Gasteiger charge is -2.30. The van der Waals surface area contributed by atoms with Crippen LogP contribution in [-0.4, -0.2) is 36.5 Å². The van der Waals surface area contributed by atoms with Crippen molar-refractivity contribution in [2.24, 2.45) is 0 Å². The molecule has 1 saturated heterocycles. The van der Waals surface area contributed by atoms with E-state index in [1.165, 1.54) is 5.56 Å². The lowest BCUT2D eigenvalue weighted by Crippen LogP contribution is -2.17. The van der Waals surface area contributed by atoms with Crippen LogP contribution in [0.3, 0.4) is 0 Å². The zero-order chi connectivity index (χ0) is 21.5. The molecule has 2 heterocycles. The lowest BCUT2D eigenvalue weighted by molar-refractivity contribution is 0.0771. The minimum absolute atomic E-state index is 0.323. The molecule has 0 saturated carbocycles. The quantitative estimate of drug-likeness (QED) is 0.441. The Morgan fingerprint density at radius 2 is 2.00 bits per heavy atom. The second-order valence-corrected chi connectivity index (χ2v) is 10.5. The highest BCUT2D eigenvalue weighted by Crippen LogP contribution is 2.58. The molecule has 5 nitrogen and oxygen atoms in total. The highest BCUT2D eigenvalue weighted by Gasteiger charge is 2.38. The summed E-state index contributed by atoms with van der Waals surface area (Å²) in [5, 5.41) is 1.78. The van der Waals surface area contributed by atoms with Crippen molar-refractivity contribution in [3.63, 3.8) is 0 Å². The van der Waals surface area contributed by atoms with Crippen LogP contribution in [0, 0.1) is 13.8 Å². The van der Waals surface area contributed by atoms with E-state index in [4.69, 9.17) is 20.6 Å². The van der Waals surface area contributed by atoms with E-state index in [-0.39, 0.29) is 6.10 Å². The molecule has 0 bridgehead atoms. The Morgan fingerprint density at radius 1 is 1.20 bits per heavy atom. The molecule has 0 radical (unpaired) electrons. The predicted octanol–water partition coefficient (Wildman–Crippen LogP) is 6.15. The molecule has 1 fully saturated rings. The fraction of sp³-hybridized carbons (Fsp3) is 0.391. The maximum atomic E-state index is 13.9. The first kappa shape index (κ1) is 21.6. The van der Waals surface area contributed by atoms with Gasteiger partial charge in [0.15, 0.2) is 0 Å². The highest BCUT2D eigenvalue weighted by molar-refractivity contribution is 7.52. The number of halogens is 1. The maximum Gasteiger partial charge on any atom is 0.439 e. The van der Waals surface area contributed by atoms with Gasteiger partial charge in [0.25, 0.3) is 0 Å². The minimum atomic E-state index is -3.54. The number of aryl methyl sites for hydroxylation is 2. The van der Waals surface area contributed by atoms with Gasteiger partial charge < -0.3 is 4.90 Å². The SMILES string of the molecule is Cc1ccc2c(c1)c(CCN(C)C)cn2P1(=O)OCCC(c2ccc(C)c(Cl)c2)O1. The number of nitrogens with zero attached hydrogens (tertiary/aromatic N) is 2. The Morgan fingerprint density at radius 3 is 2.73 bits per heavy atom. The average molecular weight is 447 g/mol. The number of rotatable bonds is 5. The Hall–Kier alpha value is -1.62. The normalized spacial score (nSPS) is 22.1. The van der Waals surface area contributed by atoms with E-state index in [0.29, 0.717) is 18.1 Å². The highest BCUT2D eigenvalue weighted by atomic mass is 35.5. The van der Waals surface area contributed by atoms with Gasteiger partial charge in [0.2, 0.25) is 0 Å². The molecule has 2 aromatic carbocycles. The van der Waals surface area contributed by atoms with Crippen LogP contribution >= 0.6 is 19.3 Å². The standard InChI is InChI=1S/C23H28ClN2O3P/c1-16-5-8-22-20(13-16)19(9-11-25(3)4)15-26(22)30(27)28-12-10-23(29-30)18-7-6-17(2)21(24)14-18/h5-8,13-15,23H,9-12H2,1-4H3. The smallest absolute Gasteiger partial charge is 0.309 e. The van der Waals surface area contributed by atoms with Gasteiger partial charge in [-0.15, -0.1) is 0 Å². The van der Waals surface area contributed by atoms with Crippen molar-refractivity contribution in [1.29, 1.82) is 0 Å². The van der Waals surface area contributed by atoms with Crippen molar-refractivity contribution < 1.29 is 13.6 Å². The van der Waals surface area contributed by atoms with Gasteiger partial charge in [-0.25, -0.2) is 4.57 Å². The number of hydrogen-bond acceptors (Lipinski definition) is 4. The summed E-state index contributed by atoms with van der Waals surface area (Å²) >= 11 is 6.31. The van der Waals surface area contributed by atoms with Crippen LogP contribution in [0.25, 0.3) is 10.9 Å². The van der Waals surface area contributed by atoms with Gasteiger partial charge in [-0.3, -0.25) is 13.4 Å². The topological polar surface area (TPSA) is 43.7 Å². The van der Waals surface area contributed by atoms with Crippen molar-refractivity contribution in [2.45, 2.75) is 32.8 Å². The third-order valence-electron chi connectivity index (χ3n) is 5.58. The van der Waals surface area contributed by atoms with Crippen molar-refractivity contribution in [2.75, 3.05) is 27.2 Å². The Labute approximate surface area is 183 Å². The fourth-order valence-electron chi connectivity index (χ4n) is 3.81. The molecule has 30 heavy (non-hydrogen) atoms. The summed E-state index contributed by atoms with van der Waals surface area (Å²) < 4.78 is 27.5. The van der Waals surface area contributed by atoms with Crippen molar-refractivity contribution >= 4 is 30.3 Å². The average Bonchev–Trinajstić information content (AvgIpc) is 3.07. The maximum absolute atomic E-state index is 13.9.